The molecule has 1 heterocycles. The lowest BCUT2D eigenvalue weighted by molar-refractivity contribution is -0.121. The first-order chi connectivity index (χ1) is 7.18. The standard InChI is InChI=1S/C10H17N3OS/c1-13(2)6-5-11-10(14)4-3-9-7-15-8-12-9/h7-8H,3-6H2,1-2H3,(H,11,14). The molecule has 0 aromatic carbocycles. The molecule has 0 radical (unpaired) electrons. The van der Waals surface area contributed by atoms with Gasteiger partial charge in [-0.1, -0.05) is 0 Å². The summed E-state index contributed by atoms with van der Waals surface area (Å²) in [6.07, 6.45) is 1.26. The van der Waals surface area contributed by atoms with Crippen LogP contribution in [0.2, 0.25) is 0 Å². The highest BCUT2D eigenvalue weighted by molar-refractivity contribution is 7.07. The Morgan fingerprint density at radius 1 is 1.60 bits per heavy atom. The third-order valence-corrected chi connectivity index (χ3v) is 2.61. The van der Waals surface area contributed by atoms with Crippen LogP contribution in [0.15, 0.2) is 10.9 Å². The molecule has 0 unspecified atom stereocenters. The minimum Gasteiger partial charge on any atom is -0.355 e. The Labute approximate surface area is 94.3 Å². The number of nitrogens with zero attached hydrogens (tertiary/aromatic N) is 2. The van der Waals surface area contributed by atoms with Gasteiger partial charge in [0.25, 0.3) is 0 Å². The van der Waals surface area contributed by atoms with Gasteiger partial charge in [-0.25, -0.2) is 4.98 Å². The molecule has 0 spiro atoms. The molecule has 15 heavy (non-hydrogen) atoms. The predicted molar refractivity (Wildman–Crippen MR) is 62.0 cm³/mol. The van der Waals surface area contributed by atoms with Crippen LogP contribution in [-0.2, 0) is 11.2 Å². The molecule has 5 heteroatoms. The fourth-order valence-electron chi connectivity index (χ4n) is 1.11. The minimum atomic E-state index is 0.102. The van der Waals surface area contributed by atoms with Crippen molar-refractivity contribution in [3.8, 4) is 0 Å². The molecule has 0 aliphatic heterocycles. The predicted octanol–water partition coefficient (Wildman–Crippen LogP) is 0.753. The van der Waals surface area contributed by atoms with E-state index in [0.717, 1.165) is 18.7 Å². The van der Waals surface area contributed by atoms with Crippen molar-refractivity contribution in [2.45, 2.75) is 12.8 Å². The number of hydrogen-bond acceptors (Lipinski definition) is 4. The van der Waals surface area contributed by atoms with Crippen LogP contribution >= 0.6 is 11.3 Å². The van der Waals surface area contributed by atoms with Crippen LogP contribution in [0.25, 0.3) is 0 Å². The molecule has 4 nitrogen and oxygen atoms in total. The minimum absolute atomic E-state index is 0.102. The van der Waals surface area contributed by atoms with Crippen LogP contribution in [0.4, 0.5) is 0 Å². The molecule has 0 saturated carbocycles. The molecule has 1 aromatic heterocycles. The molecular weight excluding hydrogens is 210 g/mol. The Bertz CT molecular complexity index is 285. The van der Waals surface area contributed by atoms with Gasteiger partial charge in [0.2, 0.25) is 5.91 Å². The van der Waals surface area contributed by atoms with Crippen LogP contribution in [0.3, 0.4) is 0 Å². The molecule has 1 aromatic rings. The van der Waals surface area contributed by atoms with Crippen LogP contribution in [0, 0.1) is 0 Å². The van der Waals surface area contributed by atoms with E-state index in [2.05, 4.69) is 10.3 Å². The van der Waals surface area contributed by atoms with E-state index in [9.17, 15) is 4.79 Å². The number of nitrogens with one attached hydrogen (secondary N) is 1. The van der Waals surface area contributed by atoms with E-state index in [0.29, 0.717) is 13.0 Å². The molecule has 0 saturated heterocycles. The SMILES string of the molecule is CN(C)CCNC(=O)CCc1cscn1. The highest BCUT2D eigenvalue weighted by Crippen LogP contribution is 2.03. The van der Waals surface area contributed by atoms with E-state index in [1.165, 1.54) is 0 Å². The molecule has 0 atom stereocenters. The maximum Gasteiger partial charge on any atom is 0.220 e. The summed E-state index contributed by atoms with van der Waals surface area (Å²) >= 11 is 1.56. The van der Waals surface area contributed by atoms with E-state index in [4.69, 9.17) is 0 Å². The first kappa shape index (κ1) is 12.1. The number of aromatic nitrogens is 1. The monoisotopic (exact) mass is 227 g/mol. The van der Waals surface area contributed by atoms with Crippen molar-refractivity contribution in [1.29, 1.82) is 0 Å². The summed E-state index contributed by atoms with van der Waals surface area (Å²) in [7, 11) is 3.98. The summed E-state index contributed by atoms with van der Waals surface area (Å²) in [5.41, 5.74) is 2.79. The van der Waals surface area contributed by atoms with Crippen molar-refractivity contribution < 1.29 is 4.79 Å². The second-order valence-electron chi connectivity index (χ2n) is 3.63. The number of hydrogen-bond donors (Lipinski definition) is 1. The summed E-state index contributed by atoms with van der Waals surface area (Å²) in [5.74, 6) is 0.102. The van der Waals surface area contributed by atoms with Gasteiger partial charge in [0.05, 0.1) is 11.2 Å². The first-order valence-corrected chi connectivity index (χ1v) is 5.91. The lowest BCUT2D eigenvalue weighted by Gasteiger charge is -2.09. The van der Waals surface area contributed by atoms with Gasteiger partial charge >= 0.3 is 0 Å². The third kappa shape index (κ3) is 5.49. The number of carbonyl (C=O) groups excluding carboxylic acids is 1. The summed E-state index contributed by atoms with van der Waals surface area (Å²) < 4.78 is 0. The number of amides is 1. The van der Waals surface area contributed by atoms with Crippen molar-refractivity contribution in [3.63, 3.8) is 0 Å². The molecule has 0 aliphatic carbocycles. The fraction of sp³-hybridized carbons (Fsp3) is 0.600. The van der Waals surface area contributed by atoms with E-state index in [-0.39, 0.29) is 5.91 Å². The molecule has 1 rings (SSSR count). The smallest absolute Gasteiger partial charge is 0.220 e. The molecule has 0 fully saturated rings. The van der Waals surface area contributed by atoms with Crippen LogP contribution in [-0.4, -0.2) is 43.0 Å². The number of aryl methyl sites for hydroxylation is 1. The number of likely N-dealkylation sites (N-methyl/N-ethyl adjacent to an activating group) is 1. The summed E-state index contributed by atoms with van der Waals surface area (Å²) in [4.78, 5) is 17.5. The normalized spacial score (nSPS) is 10.6. The van der Waals surface area contributed by atoms with Gasteiger partial charge in [0.15, 0.2) is 0 Å². The Hall–Kier alpha value is -0.940. The van der Waals surface area contributed by atoms with Crippen LogP contribution in [0.1, 0.15) is 12.1 Å². The Kier molecular flexibility index (Phi) is 5.28. The first-order valence-electron chi connectivity index (χ1n) is 4.97. The Morgan fingerprint density at radius 3 is 3.00 bits per heavy atom. The van der Waals surface area contributed by atoms with Crippen molar-refractivity contribution >= 4 is 17.2 Å². The fourth-order valence-corrected chi connectivity index (χ4v) is 1.70. The lowest BCUT2D eigenvalue weighted by Crippen LogP contribution is -2.31. The maximum absolute atomic E-state index is 11.4. The van der Waals surface area contributed by atoms with Crippen LogP contribution in [0.5, 0.6) is 0 Å². The van der Waals surface area contributed by atoms with E-state index >= 15 is 0 Å². The highest BCUT2D eigenvalue weighted by Gasteiger charge is 2.02. The van der Waals surface area contributed by atoms with E-state index in [1.54, 1.807) is 16.8 Å². The largest absolute Gasteiger partial charge is 0.355 e. The van der Waals surface area contributed by atoms with Crippen molar-refractivity contribution in [1.82, 2.24) is 15.2 Å². The average Bonchev–Trinajstić information content (AvgIpc) is 2.66. The second-order valence-corrected chi connectivity index (χ2v) is 4.35. The molecule has 1 N–H and O–H groups in total. The molecule has 0 bridgehead atoms. The molecule has 84 valence electrons. The summed E-state index contributed by atoms with van der Waals surface area (Å²) in [5, 5.41) is 4.85. The van der Waals surface area contributed by atoms with Crippen molar-refractivity contribution in [2.75, 3.05) is 27.2 Å². The van der Waals surface area contributed by atoms with Gasteiger partial charge in [-0.3, -0.25) is 4.79 Å². The topological polar surface area (TPSA) is 45.2 Å². The van der Waals surface area contributed by atoms with Gasteiger partial charge in [-0.05, 0) is 20.5 Å². The maximum atomic E-state index is 11.4. The summed E-state index contributed by atoms with van der Waals surface area (Å²) in [6.45, 7) is 1.59. The zero-order chi connectivity index (χ0) is 11.1. The zero-order valence-corrected chi connectivity index (χ0v) is 10.0. The Morgan fingerprint density at radius 2 is 2.40 bits per heavy atom. The lowest BCUT2D eigenvalue weighted by atomic mass is 10.2. The third-order valence-electron chi connectivity index (χ3n) is 1.97. The zero-order valence-electron chi connectivity index (χ0n) is 9.19. The van der Waals surface area contributed by atoms with Crippen LogP contribution < -0.4 is 5.32 Å². The number of thiazole rings is 1. The van der Waals surface area contributed by atoms with E-state index < -0.39 is 0 Å². The van der Waals surface area contributed by atoms with Gasteiger partial charge in [0.1, 0.15) is 0 Å². The molecular formula is C10H17N3OS. The van der Waals surface area contributed by atoms with Gasteiger partial charge in [0, 0.05) is 24.9 Å². The number of rotatable bonds is 6. The second kappa shape index (κ2) is 6.53. The highest BCUT2D eigenvalue weighted by atomic mass is 32.1. The van der Waals surface area contributed by atoms with Gasteiger partial charge in [-0.15, -0.1) is 11.3 Å². The van der Waals surface area contributed by atoms with E-state index in [1.807, 2.05) is 24.4 Å². The molecule has 0 aliphatic rings. The van der Waals surface area contributed by atoms with Crippen molar-refractivity contribution in [2.24, 2.45) is 0 Å². The average molecular weight is 227 g/mol. The Balaban J connectivity index is 2.09. The quantitative estimate of drug-likeness (QED) is 0.780. The van der Waals surface area contributed by atoms with Crippen molar-refractivity contribution in [3.05, 3.63) is 16.6 Å². The van der Waals surface area contributed by atoms with Gasteiger partial charge in [-0.2, -0.15) is 0 Å². The molecule has 1 amide bonds. The van der Waals surface area contributed by atoms with Gasteiger partial charge < -0.3 is 10.2 Å². The summed E-state index contributed by atoms with van der Waals surface area (Å²) in [6, 6.07) is 0. The number of carbonyl (C=O) groups is 1.